The average Bonchev–Trinajstić information content (AvgIpc) is 0.829. The molecule has 23 heteroatoms. The monoisotopic (exact) mass is 1590 g/mol. The lowest BCUT2D eigenvalue weighted by Crippen LogP contribution is -2.27. The number of carbonyl (C=O) groups excluding carboxylic acids is 8. The van der Waals surface area contributed by atoms with E-state index in [1.165, 1.54) is 33.2 Å². The summed E-state index contributed by atoms with van der Waals surface area (Å²) in [6, 6.07) is 119. The standard InChI is InChI=1S/C28H24N4O3.C23H22N4O2.2C23H21N3O2/c33-26-14-8-7-13-25(26)30-27(34)19-28(35)31-29-20-21-15-17-24(18-16-21)32(22-9-3-1-4-10-22)23-11-5-2-6-12-23;1-24-22(28)16-23(29)26-25-17-18-12-14-21(15-13-18)27(19-8-4-2-5-9-19)20-10-6-3-7-11-20;2*1-18(27)16-23(28)25-24-17-19-12-14-22(15-13-19)26(20-8-4-2-5-9-20)21-10-6-3-7-11-21/h1-18,20,33H,19H2,(H,30,34)(H,31,35);2-15,17H,16H2,1H3,(H,24,28)(H,26,29);2*2-15,17H,16H2,1H3,(H,25,28)/b29-20+;25-17+;2*24-17+. The quantitative estimate of drug-likeness (QED) is 0.00994. The largest absolute Gasteiger partial charge is 0.506 e. The molecule has 0 fully saturated rings. The second-order valence-electron chi connectivity index (χ2n) is 26.4. The van der Waals surface area contributed by atoms with E-state index in [4.69, 9.17) is 0 Å². The zero-order valence-corrected chi connectivity index (χ0v) is 66.1. The highest BCUT2D eigenvalue weighted by Crippen LogP contribution is 2.38. The number of ketones is 2. The van der Waals surface area contributed by atoms with E-state index in [9.17, 15) is 43.5 Å². The Balaban J connectivity index is 0.000000169. The number of benzene rings is 13. The molecule has 0 aromatic heterocycles. The number of nitrogens with zero attached hydrogens (tertiary/aromatic N) is 8. The minimum atomic E-state index is -0.565. The van der Waals surface area contributed by atoms with Crippen LogP contribution < -0.4 is 51.9 Å². The highest BCUT2D eigenvalue weighted by atomic mass is 16.3. The Kier molecular flexibility index (Phi) is 33.1. The number of para-hydroxylation sites is 10. The number of anilines is 13. The van der Waals surface area contributed by atoms with Gasteiger partial charge in [0.25, 0.3) is 0 Å². The molecule has 0 aliphatic carbocycles. The summed E-state index contributed by atoms with van der Waals surface area (Å²) in [6.07, 6.45) is 5.15. The van der Waals surface area contributed by atoms with Crippen molar-refractivity contribution in [2.45, 2.75) is 39.5 Å². The van der Waals surface area contributed by atoms with E-state index in [1.807, 2.05) is 267 Å². The number of aromatic hydroxyl groups is 1. The fourth-order valence-electron chi connectivity index (χ4n) is 11.7. The molecule has 600 valence electrons. The molecule has 0 atom stereocenters. The molecule has 0 unspecified atom stereocenters. The summed E-state index contributed by atoms with van der Waals surface area (Å²) < 4.78 is 0. The molecule has 0 heterocycles. The molecule has 0 aliphatic heterocycles. The molecular weight excluding hydrogens is 1510 g/mol. The Morgan fingerprint density at radius 1 is 0.250 bits per heavy atom. The first-order valence-electron chi connectivity index (χ1n) is 38.1. The highest BCUT2D eigenvalue weighted by Gasteiger charge is 2.18. The number of Topliss-reactive ketones (excluding diaryl/α,β-unsaturated/α-hetero) is 2. The Morgan fingerprint density at radius 2 is 0.442 bits per heavy atom. The van der Waals surface area contributed by atoms with E-state index in [1.54, 1.807) is 36.8 Å². The maximum Gasteiger partial charge on any atom is 0.249 e. The molecule has 0 saturated carbocycles. The van der Waals surface area contributed by atoms with Crippen LogP contribution in [-0.2, 0) is 38.4 Å². The number of rotatable bonds is 29. The summed E-state index contributed by atoms with van der Waals surface area (Å²) >= 11 is 0. The minimum Gasteiger partial charge on any atom is -0.506 e. The molecule has 13 rings (SSSR count). The van der Waals surface area contributed by atoms with Crippen LogP contribution in [0.25, 0.3) is 0 Å². The van der Waals surface area contributed by atoms with Crippen molar-refractivity contribution in [3.8, 4) is 5.75 Å². The first-order chi connectivity index (χ1) is 58.5. The van der Waals surface area contributed by atoms with Crippen molar-refractivity contribution < 1.29 is 43.5 Å². The van der Waals surface area contributed by atoms with Crippen LogP contribution in [-0.4, -0.2) is 84.0 Å². The third kappa shape index (κ3) is 27.8. The third-order valence-corrected chi connectivity index (χ3v) is 17.2. The predicted octanol–water partition coefficient (Wildman–Crippen LogP) is 18.3. The minimum absolute atomic E-state index is 0.0687. The van der Waals surface area contributed by atoms with Gasteiger partial charge in [-0.25, -0.2) is 21.7 Å². The van der Waals surface area contributed by atoms with Crippen molar-refractivity contribution in [3.05, 3.63) is 386 Å². The molecule has 0 spiro atoms. The molecule has 23 nitrogen and oxygen atoms in total. The predicted molar refractivity (Wildman–Crippen MR) is 478 cm³/mol. The van der Waals surface area contributed by atoms with E-state index in [-0.39, 0.29) is 48.2 Å². The normalized spacial score (nSPS) is 10.6. The van der Waals surface area contributed by atoms with Gasteiger partial charge in [0.1, 0.15) is 30.2 Å². The van der Waals surface area contributed by atoms with Gasteiger partial charge in [-0.1, -0.05) is 206 Å². The van der Waals surface area contributed by atoms with Crippen molar-refractivity contribution in [2.75, 3.05) is 32.0 Å². The van der Waals surface area contributed by atoms with Crippen molar-refractivity contribution in [2.24, 2.45) is 20.4 Å². The van der Waals surface area contributed by atoms with Gasteiger partial charge in [-0.2, -0.15) is 20.4 Å². The van der Waals surface area contributed by atoms with Gasteiger partial charge in [-0.05, 0) is 194 Å². The van der Waals surface area contributed by atoms with Gasteiger partial charge in [0.05, 0.1) is 43.4 Å². The van der Waals surface area contributed by atoms with Crippen LogP contribution in [0.4, 0.5) is 73.9 Å². The molecular formula is C97H88N14O9. The molecule has 13 aromatic rings. The van der Waals surface area contributed by atoms with Crippen LogP contribution >= 0.6 is 0 Å². The van der Waals surface area contributed by atoms with Gasteiger partial charge in [0.2, 0.25) is 35.4 Å². The maximum atomic E-state index is 12.0. The molecule has 0 saturated heterocycles. The lowest BCUT2D eigenvalue weighted by molar-refractivity contribution is -0.130. The number of hydrogen-bond donors (Lipinski definition) is 7. The fourth-order valence-corrected chi connectivity index (χ4v) is 11.7. The van der Waals surface area contributed by atoms with E-state index >= 15 is 0 Å². The van der Waals surface area contributed by atoms with Crippen LogP contribution in [0.2, 0.25) is 0 Å². The number of hydrazone groups is 4. The summed E-state index contributed by atoms with van der Waals surface area (Å²) in [7, 11) is 1.48. The third-order valence-electron chi connectivity index (χ3n) is 17.2. The Hall–Kier alpha value is -16.3. The fraction of sp³-hybridized carbons (Fsp3) is 0.0722. The number of nitrogens with one attached hydrogen (secondary N) is 6. The van der Waals surface area contributed by atoms with Gasteiger partial charge in [-0.3, -0.25) is 38.4 Å². The van der Waals surface area contributed by atoms with Crippen molar-refractivity contribution in [3.63, 3.8) is 0 Å². The summed E-state index contributed by atoms with van der Waals surface area (Å²) in [5.41, 5.74) is 25.4. The number of hydrogen-bond acceptors (Lipinski definition) is 17. The van der Waals surface area contributed by atoms with Crippen molar-refractivity contribution in [1.82, 2.24) is 27.0 Å². The Labute approximate surface area is 696 Å². The van der Waals surface area contributed by atoms with Crippen molar-refractivity contribution >= 4 is 146 Å². The average molecular weight is 1590 g/mol. The second kappa shape index (κ2) is 46.2. The van der Waals surface area contributed by atoms with Crippen LogP contribution in [0.1, 0.15) is 61.8 Å². The molecule has 6 amide bonds. The smallest absolute Gasteiger partial charge is 0.249 e. The molecule has 0 bridgehead atoms. The summed E-state index contributed by atoms with van der Waals surface area (Å²) in [5, 5.41) is 30.2. The van der Waals surface area contributed by atoms with Crippen LogP contribution in [0.15, 0.2) is 384 Å². The topological polar surface area (TPSA) is 291 Å². The maximum absolute atomic E-state index is 12.0. The molecule has 0 aliphatic rings. The van der Waals surface area contributed by atoms with E-state index in [0.29, 0.717) is 0 Å². The first-order valence-corrected chi connectivity index (χ1v) is 38.1. The lowest BCUT2D eigenvalue weighted by Gasteiger charge is -2.25. The lowest BCUT2D eigenvalue weighted by atomic mass is 10.1. The van der Waals surface area contributed by atoms with E-state index in [0.717, 1.165) is 90.5 Å². The number of phenolic OH excluding ortho intramolecular Hbond substituents is 1. The van der Waals surface area contributed by atoms with Crippen LogP contribution in [0, 0.1) is 0 Å². The van der Waals surface area contributed by atoms with Gasteiger partial charge >= 0.3 is 0 Å². The second-order valence-corrected chi connectivity index (χ2v) is 26.4. The first kappa shape index (κ1) is 86.1. The van der Waals surface area contributed by atoms with Gasteiger partial charge < -0.3 is 35.3 Å². The van der Waals surface area contributed by atoms with Crippen LogP contribution in [0.5, 0.6) is 5.75 Å². The molecule has 13 aromatic carbocycles. The summed E-state index contributed by atoms with van der Waals surface area (Å²) in [6.45, 7) is 2.74. The van der Waals surface area contributed by atoms with Gasteiger partial charge in [0.15, 0.2) is 0 Å². The molecule has 120 heavy (non-hydrogen) atoms. The van der Waals surface area contributed by atoms with Gasteiger partial charge in [-0.15, -0.1) is 0 Å². The zero-order valence-electron chi connectivity index (χ0n) is 66.1. The summed E-state index contributed by atoms with van der Waals surface area (Å²) in [5.74, 6) is -3.23. The Morgan fingerprint density at radius 3 is 0.650 bits per heavy atom. The number of phenols is 1. The molecule has 0 radical (unpaired) electrons. The zero-order chi connectivity index (χ0) is 84.5. The van der Waals surface area contributed by atoms with E-state index < -0.39 is 36.0 Å². The SMILES string of the molecule is CC(=O)CC(=O)N/N=C/c1ccc(N(c2ccccc2)c2ccccc2)cc1.CC(=O)CC(=O)N/N=C/c1ccc(N(c2ccccc2)c2ccccc2)cc1.CNC(=O)CC(=O)N/N=C/c1ccc(N(c2ccccc2)c2ccccc2)cc1.O=C(CC(=O)Nc1ccccc1O)N/N=C/c1ccc(N(c2ccccc2)c2ccccc2)cc1. The summed E-state index contributed by atoms with van der Waals surface area (Å²) in [4.78, 5) is 100. The van der Waals surface area contributed by atoms with E-state index in [2.05, 4.69) is 145 Å². The molecule has 7 N–H and O–H groups in total. The highest BCUT2D eigenvalue weighted by molar-refractivity contribution is 6.04. The van der Waals surface area contributed by atoms with Crippen molar-refractivity contribution in [1.29, 1.82) is 0 Å². The number of amides is 6. The van der Waals surface area contributed by atoms with Crippen LogP contribution in [0.3, 0.4) is 0 Å². The number of carbonyl (C=O) groups is 8. The Bertz CT molecular complexity index is 5250. The van der Waals surface area contributed by atoms with Gasteiger partial charge in [0, 0.05) is 75.3 Å².